The van der Waals surface area contributed by atoms with Crippen LogP contribution in [0, 0.1) is 0 Å². The van der Waals surface area contributed by atoms with E-state index in [-0.39, 0.29) is 5.91 Å². The normalized spacial score (nSPS) is 16.1. The number of hydrogen-bond acceptors (Lipinski definition) is 2. The summed E-state index contributed by atoms with van der Waals surface area (Å²) in [5, 5.41) is 6.04. The van der Waals surface area contributed by atoms with Crippen LogP contribution in [0.4, 0.5) is 0 Å². The Morgan fingerprint density at radius 1 is 1.36 bits per heavy atom. The molecular weight excluding hydrogens is 244 g/mol. The molecule has 0 radical (unpaired) electrons. The number of rotatable bonds is 2. The zero-order valence-electron chi connectivity index (χ0n) is 7.59. The summed E-state index contributed by atoms with van der Waals surface area (Å²) in [6.45, 7) is 1.75. The predicted octanol–water partition coefficient (Wildman–Crippen LogP) is 1.15. The summed E-state index contributed by atoms with van der Waals surface area (Å²) in [4.78, 5) is 11.6. The van der Waals surface area contributed by atoms with Gasteiger partial charge in [0.2, 0.25) is 0 Å². The number of nitrogens with one attached hydrogen (secondary N) is 2. The van der Waals surface area contributed by atoms with Crippen molar-refractivity contribution in [3.05, 3.63) is 34.3 Å². The van der Waals surface area contributed by atoms with Gasteiger partial charge >= 0.3 is 0 Å². The van der Waals surface area contributed by atoms with Crippen LogP contribution in [0.1, 0.15) is 10.4 Å². The van der Waals surface area contributed by atoms with Gasteiger partial charge in [0.1, 0.15) is 0 Å². The maximum Gasteiger partial charge on any atom is 0.251 e. The van der Waals surface area contributed by atoms with Crippen molar-refractivity contribution in [2.75, 3.05) is 13.1 Å². The molecule has 1 aliphatic rings. The maximum atomic E-state index is 11.6. The van der Waals surface area contributed by atoms with Crippen molar-refractivity contribution in [3.8, 4) is 0 Å². The van der Waals surface area contributed by atoms with E-state index in [1.165, 1.54) is 0 Å². The standard InChI is InChI=1S/C10H11BrN2O/c11-8-3-1-7(2-4-8)10(14)13-9-5-12-6-9/h1-4,9,12H,5-6H2,(H,13,14). The minimum absolute atomic E-state index is 0.00370. The van der Waals surface area contributed by atoms with Crippen LogP contribution >= 0.6 is 15.9 Å². The average Bonchev–Trinajstić information content (AvgIpc) is 2.12. The maximum absolute atomic E-state index is 11.6. The van der Waals surface area contributed by atoms with Crippen molar-refractivity contribution in [1.82, 2.24) is 10.6 Å². The Morgan fingerprint density at radius 3 is 2.50 bits per heavy atom. The van der Waals surface area contributed by atoms with Crippen LogP contribution in [0.3, 0.4) is 0 Å². The summed E-state index contributed by atoms with van der Waals surface area (Å²) in [6, 6.07) is 7.66. The highest BCUT2D eigenvalue weighted by Crippen LogP contribution is 2.10. The van der Waals surface area contributed by atoms with Crippen molar-refractivity contribution in [1.29, 1.82) is 0 Å². The Bertz CT molecular complexity index is 332. The predicted molar refractivity (Wildman–Crippen MR) is 58.3 cm³/mol. The van der Waals surface area contributed by atoms with Crippen molar-refractivity contribution in [2.24, 2.45) is 0 Å². The van der Waals surface area contributed by atoms with Gasteiger partial charge < -0.3 is 10.6 Å². The Hall–Kier alpha value is -0.870. The van der Waals surface area contributed by atoms with Crippen LogP contribution in [-0.2, 0) is 0 Å². The van der Waals surface area contributed by atoms with Crippen molar-refractivity contribution < 1.29 is 4.79 Å². The molecule has 3 nitrogen and oxygen atoms in total. The van der Waals surface area contributed by atoms with E-state index in [1.807, 2.05) is 24.3 Å². The largest absolute Gasteiger partial charge is 0.347 e. The molecule has 1 saturated heterocycles. The fourth-order valence-electron chi connectivity index (χ4n) is 1.26. The van der Waals surface area contributed by atoms with E-state index in [0.717, 1.165) is 17.6 Å². The molecular formula is C10H11BrN2O. The van der Waals surface area contributed by atoms with Gasteiger partial charge in [-0.15, -0.1) is 0 Å². The van der Waals surface area contributed by atoms with Crippen molar-refractivity contribution >= 4 is 21.8 Å². The topological polar surface area (TPSA) is 41.1 Å². The fourth-order valence-corrected chi connectivity index (χ4v) is 1.53. The van der Waals surface area contributed by atoms with E-state index >= 15 is 0 Å². The number of hydrogen-bond donors (Lipinski definition) is 2. The van der Waals surface area contributed by atoms with E-state index in [9.17, 15) is 4.79 Å². The number of amides is 1. The third-order valence-corrected chi connectivity index (χ3v) is 2.75. The SMILES string of the molecule is O=C(NC1CNC1)c1ccc(Br)cc1. The monoisotopic (exact) mass is 254 g/mol. The van der Waals surface area contributed by atoms with Gasteiger partial charge in [0, 0.05) is 23.1 Å². The van der Waals surface area contributed by atoms with Crippen molar-refractivity contribution in [2.45, 2.75) is 6.04 Å². The van der Waals surface area contributed by atoms with Gasteiger partial charge in [-0.2, -0.15) is 0 Å². The summed E-state index contributed by atoms with van der Waals surface area (Å²) >= 11 is 3.33. The lowest BCUT2D eigenvalue weighted by atomic mass is 10.1. The number of carbonyl (C=O) groups is 1. The molecule has 0 aromatic heterocycles. The number of carbonyl (C=O) groups excluding carboxylic acids is 1. The van der Waals surface area contributed by atoms with E-state index in [1.54, 1.807) is 0 Å². The first kappa shape index (κ1) is 9.68. The third kappa shape index (κ3) is 2.13. The van der Waals surface area contributed by atoms with E-state index < -0.39 is 0 Å². The first-order chi connectivity index (χ1) is 6.75. The van der Waals surface area contributed by atoms with Crippen LogP contribution in [0.25, 0.3) is 0 Å². The minimum Gasteiger partial charge on any atom is -0.347 e. The summed E-state index contributed by atoms with van der Waals surface area (Å²) in [7, 11) is 0. The molecule has 2 N–H and O–H groups in total. The molecule has 1 amide bonds. The molecule has 1 fully saturated rings. The van der Waals surface area contributed by atoms with Gasteiger partial charge in [-0.1, -0.05) is 15.9 Å². The van der Waals surface area contributed by atoms with Crippen LogP contribution in [-0.4, -0.2) is 25.0 Å². The smallest absolute Gasteiger partial charge is 0.251 e. The summed E-state index contributed by atoms with van der Waals surface area (Å²) in [5.41, 5.74) is 0.708. The molecule has 4 heteroatoms. The Kier molecular flexibility index (Phi) is 2.84. The number of benzene rings is 1. The molecule has 0 bridgehead atoms. The lowest BCUT2D eigenvalue weighted by Gasteiger charge is -2.27. The highest BCUT2D eigenvalue weighted by Gasteiger charge is 2.19. The zero-order chi connectivity index (χ0) is 9.97. The molecule has 0 unspecified atom stereocenters. The average molecular weight is 255 g/mol. The van der Waals surface area contributed by atoms with Gasteiger partial charge in [-0.05, 0) is 24.3 Å². The van der Waals surface area contributed by atoms with Crippen LogP contribution in [0.15, 0.2) is 28.7 Å². The Morgan fingerprint density at radius 2 is 2.00 bits per heavy atom. The molecule has 1 heterocycles. The summed E-state index contributed by atoms with van der Waals surface area (Å²) in [6.07, 6.45) is 0. The molecule has 0 spiro atoms. The van der Waals surface area contributed by atoms with Gasteiger partial charge in [0.05, 0.1) is 6.04 Å². The van der Waals surface area contributed by atoms with Crippen LogP contribution in [0.2, 0.25) is 0 Å². The molecule has 1 aromatic rings. The highest BCUT2D eigenvalue weighted by molar-refractivity contribution is 9.10. The molecule has 1 aliphatic heterocycles. The van der Waals surface area contributed by atoms with Crippen molar-refractivity contribution in [3.63, 3.8) is 0 Å². The number of halogens is 1. The Labute approximate surface area is 91.0 Å². The Balaban J connectivity index is 1.99. The minimum atomic E-state index is 0.00370. The van der Waals surface area contributed by atoms with Gasteiger partial charge in [-0.3, -0.25) is 4.79 Å². The molecule has 0 atom stereocenters. The molecule has 14 heavy (non-hydrogen) atoms. The van der Waals surface area contributed by atoms with Gasteiger partial charge in [-0.25, -0.2) is 0 Å². The molecule has 0 saturated carbocycles. The van der Waals surface area contributed by atoms with Gasteiger partial charge in [0.25, 0.3) is 5.91 Å². The molecule has 74 valence electrons. The fraction of sp³-hybridized carbons (Fsp3) is 0.300. The molecule has 0 aliphatic carbocycles. The van der Waals surface area contributed by atoms with Gasteiger partial charge in [0.15, 0.2) is 0 Å². The van der Waals surface area contributed by atoms with E-state index in [2.05, 4.69) is 26.6 Å². The lowest BCUT2D eigenvalue weighted by molar-refractivity contribution is 0.0924. The first-order valence-electron chi connectivity index (χ1n) is 4.53. The second-order valence-electron chi connectivity index (χ2n) is 3.34. The second-order valence-corrected chi connectivity index (χ2v) is 4.25. The third-order valence-electron chi connectivity index (χ3n) is 2.22. The quantitative estimate of drug-likeness (QED) is 0.832. The van der Waals surface area contributed by atoms with E-state index in [0.29, 0.717) is 11.6 Å². The van der Waals surface area contributed by atoms with Crippen LogP contribution < -0.4 is 10.6 Å². The first-order valence-corrected chi connectivity index (χ1v) is 5.32. The molecule has 1 aromatic carbocycles. The zero-order valence-corrected chi connectivity index (χ0v) is 9.17. The highest BCUT2D eigenvalue weighted by atomic mass is 79.9. The summed E-state index contributed by atoms with van der Waals surface area (Å²) in [5.74, 6) is 0.00370. The second kappa shape index (κ2) is 4.11. The van der Waals surface area contributed by atoms with E-state index in [4.69, 9.17) is 0 Å². The lowest BCUT2D eigenvalue weighted by Crippen LogP contribution is -2.56. The molecule has 2 rings (SSSR count). The summed E-state index contributed by atoms with van der Waals surface area (Å²) < 4.78 is 0.986. The van der Waals surface area contributed by atoms with Crippen LogP contribution in [0.5, 0.6) is 0 Å².